The number of allylic oxidation sites excluding steroid dienone is 5. The van der Waals surface area contributed by atoms with E-state index in [1.165, 1.54) is 35.6 Å². The Labute approximate surface area is 247 Å². The third kappa shape index (κ3) is 8.77. The van der Waals surface area contributed by atoms with Gasteiger partial charge in [-0.1, -0.05) is 127 Å². The van der Waals surface area contributed by atoms with Gasteiger partial charge in [-0.3, -0.25) is 0 Å². The number of aryl methyl sites for hydroxylation is 1. The fraction of sp³-hybridized carbons (Fsp3) is 0.0526. The lowest BCUT2D eigenvalue weighted by atomic mass is 10.1. The van der Waals surface area contributed by atoms with E-state index >= 15 is 0 Å². The molecular formula is C38H35S2+. The molecule has 0 saturated heterocycles. The fourth-order valence-corrected chi connectivity index (χ4v) is 6.84. The van der Waals surface area contributed by atoms with Crippen molar-refractivity contribution in [1.82, 2.24) is 0 Å². The normalized spacial score (nSPS) is 11.0. The summed E-state index contributed by atoms with van der Waals surface area (Å²) in [6.07, 6.45) is 7.99. The minimum Gasteiger partial charge on any atom is -0.0912 e. The maximum atomic E-state index is 3.98. The first kappa shape index (κ1) is 29.0. The second-order valence-corrected chi connectivity index (χ2v) is 12.3. The molecule has 40 heavy (non-hydrogen) atoms. The van der Waals surface area contributed by atoms with E-state index in [1.54, 1.807) is 0 Å². The van der Waals surface area contributed by atoms with E-state index in [1.807, 2.05) is 61.2 Å². The molecule has 5 aromatic carbocycles. The summed E-state index contributed by atoms with van der Waals surface area (Å²) in [6.45, 7) is 8.09. The summed E-state index contributed by atoms with van der Waals surface area (Å²) >= 11 is 1.81. The minimum absolute atomic E-state index is 0.0817. The van der Waals surface area contributed by atoms with Crippen LogP contribution < -0.4 is 0 Å². The second kappa shape index (κ2) is 15.6. The molecule has 5 rings (SSSR count). The van der Waals surface area contributed by atoms with Crippen LogP contribution in [0.5, 0.6) is 0 Å². The van der Waals surface area contributed by atoms with Crippen molar-refractivity contribution in [2.24, 2.45) is 0 Å². The summed E-state index contributed by atoms with van der Waals surface area (Å²) in [7, 11) is -0.0817. The van der Waals surface area contributed by atoms with Gasteiger partial charge in [0.1, 0.15) is 0 Å². The third-order valence-corrected chi connectivity index (χ3v) is 9.27. The summed E-state index contributed by atoms with van der Waals surface area (Å²) in [5, 5.41) is 0. The smallest absolute Gasteiger partial charge is 0.0912 e. The Hall–Kier alpha value is -3.98. The van der Waals surface area contributed by atoms with Crippen LogP contribution in [0.15, 0.2) is 195 Å². The van der Waals surface area contributed by atoms with Crippen molar-refractivity contribution < 1.29 is 0 Å². The molecule has 0 unspecified atom stereocenters. The van der Waals surface area contributed by atoms with Gasteiger partial charge in [-0.25, -0.2) is 0 Å². The number of rotatable bonds is 8. The highest BCUT2D eigenvalue weighted by Gasteiger charge is 2.28. The highest BCUT2D eigenvalue weighted by molar-refractivity contribution is 7.99. The molecule has 0 spiro atoms. The molecule has 2 heteroatoms. The fourth-order valence-electron chi connectivity index (χ4n) is 3.94. The summed E-state index contributed by atoms with van der Waals surface area (Å²) in [4.78, 5) is 6.59. The second-order valence-electron chi connectivity index (χ2n) is 9.09. The van der Waals surface area contributed by atoms with Gasteiger partial charge in [-0.15, -0.1) is 0 Å². The number of hydrogen-bond donors (Lipinski definition) is 0. The van der Waals surface area contributed by atoms with Crippen LogP contribution in [0.2, 0.25) is 0 Å². The average Bonchev–Trinajstić information content (AvgIpc) is 3.01. The lowest BCUT2D eigenvalue weighted by Gasteiger charge is -2.09. The van der Waals surface area contributed by atoms with E-state index in [4.69, 9.17) is 0 Å². The van der Waals surface area contributed by atoms with Gasteiger partial charge in [0.2, 0.25) is 0 Å². The standard InChI is InChI=1S/C25H21S2.C13H14/c1-20-12-14-21(15-13-20)26-22-16-18-25(19-17-22)27(23-8-4-2-5-9-23)24-10-6-3-7-11-24;1-3-4-6-9-12(2)13-10-7-5-8-11-13/h2-19H,1H3;3-11H,2H2,1H3/q+1;/b;4-3-,9-6-. The van der Waals surface area contributed by atoms with Gasteiger partial charge in [0.25, 0.3) is 0 Å². The molecule has 0 radical (unpaired) electrons. The van der Waals surface area contributed by atoms with Gasteiger partial charge < -0.3 is 0 Å². The summed E-state index contributed by atoms with van der Waals surface area (Å²) in [6, 6.07) is 49.5. The van der Waals surface area contributed by atoms with E-state index in [-0.39, 0.29) is 10.9 Å². The van der Waals surface area contributed by atoms with E-state index in [0.717, 1.165) is 5.57 Å². The lowest BCUT2D eigenvalue weighted by Crippen LogP contribution is -2.04. The number of benzene rings is 5. The molecule has 0 saturated carbocycles. The molecule has 0 bridgehead atoms. The Morgan fingerprint density at radius 1 is 0.575 bits per heavy atom. The first-order chi connectivity index (χ1) is 19.6. The monoisotopic (exact) mass is 555 g/mol. The van der Waals surface area contributed by atoms with Crippen LogP contribution in [0.3, 0.4) is 0 Å². The zero-order valence-electron chi connectivity index (χ0n) is 23.1. The molecule has 5 aromatic rings. The van der Waals surface area contributed by atoms with Gasteiger partial charge in [-0.05, 0) is 85.6 Å². The Bertz CT molecular complexity index is 1460. The van der Waals surface area contributed by atoms with Crippen molar-refractivity contribution in [3.63, 3.8) is 0 Å². The van der Waals surface area contributed by atoms with Crippen LogP contribution in [0.25, 0.3) is 5.57 Å². The van der Waals surface area contributed by atoms with Crippen molar-refractivity contribution in [1.29, 1.82) is 0 Å². The quantitative estimate of drug-likeness (QED) is 0.135. The maximum Gasteiger partial charge on any atom is 0.166 e. The molecule has 198 valence electrons. The van der Waals surface area contributed by atoms with Crippen LogP contribution >= 0.6 is 11.8 Å². The molecule has 0 aliphatic rings. The Kier molecular flexibility index (Phi) is 11.3. The summed E-state index contributed by atoms with van der Waals surface area (Å²) in [5.74, 6) is 0. The van der Waals surface area contributed by atoms with Crippen molar-refractivity contribution in [2.75, 3.05) is 0 Å². The Morgan fingerprint density at radius 3 is 1.52 bits per heavy atom. The molecule has 0 heterocycles. The third-order valence-electron chi connectivity index (χ3n) is 6.02. The Balaban J connectivity index is 0.000000240. The molecule has 0 aliphatic carbocycles. The maximum absolute atomic E-state index is 3.98. The van der Waals surface area contributed by atoms with E-state index in [2.05, 4.69) is 135 Å². The highest BCUT2D eigenvalue weighted by atomic mass is 32.2. The van der Waals surface area contributed by atoms with E-state index < -0.39 is 0 Å². The predicted octanol–water partition coefficient (Wildman–Crippen LogP) is 11.1. The molecular weight excluding hydrogens is 521 g/mol. The van der Waals surface area contributed by atoms with E-state index in [9.17, 15) is 0 Å². The zero-order chi connectivity index (χ0) is 28.0. The summed E-state index contributed by atoms with van der Waals surface area (Å²) in [5.41, 5.74) is 3.51. The van der Waals surface area contributed by atoms with Crippen LogP contribution in [-0.2, 0) is 10.9 Å². The highest BCUT2D eigenvalue weighted by Crippen LogP contribution is 2.34. The first-order valence-electron chi connectivity index (χ1n) is 13.4. The molecule has 0 N–H and O–H groups in total. The topological polar surface area (TPSA) is 0 Å². The lowest BCUT2D eigenvalue weighted by molar-refractivity contribution is 1.28. The average molecular weight is 556 g/mol. The SMILES string of the molecule is C=C(/C=C\C=C/C)c1ccccc1.Cc1ccc(Sc2ccc([S+](c3ccccc3)c3ccccc3)cc2)cc1. The zero-order valence-corrected chi connectivity index (χ0v) is 24.7. The van der Waals surface area contributed by atoms with Gasteiger partial charge in [0, 0.05) is 9.79 Å². The molecule has 0 amide bonds. The van der Waals surface area contributed by atoms with Gasteiger partial charge in [0.15, 0.2) is 14.7 Å². The minimum atomic E-state index is -0.0817. The van der Waals surface area contributed by atoms with E-state index in [0.29, 0.717) is 0 Å². The van der Waals surface area contributed by atoms with Crippen molar-refractivity contribution in [3.05, 3.63) is 182 Å². The van der Waals surface area contributed by atoms with Crippen LogP contribution in [0.1, 0.15) is 18.1 Å². The van der Waals surface area contributed by atoms with Crippen LogP contribution in [0, 0.1) is 6.92 Å². The molecule has 0 nitrogen and oxygen atoms in total. The molecule has 0 atom stereocenters. The Morgan fingerprint density at radius 2 is 1.02 bits per heavy atom. The predicted molar refractivity (Wildman–Crippen MR) is 176 cm³/mol. The summed E-state index contributed by atoms with van der Waals surface area (Å²) < 4.78 is 0. The first-order valence-corrected chi connectivity index (χ1v) is 15.4. The van der Waals surface area contributed by atoms with Crippen LogP contribution in [0.4, 0.5) is 0 Å². The largest absolute Gasteiger partial charge is 0.166 e. The van der Waals surface area contributed by atoms with Crippen LogP contribution in [-0.4, -0.2) is 0 Å². The van der Waals surface area contributed by atoms with Crippen molar-refractivity contribution in [3.8, 4) is 0 Å². The molecule has 0 aliphatic heterocycles. The number of hydrogen-bond acceptors (Lipinski definition) is 1. The van der Waals surface area contributed by atoms with Crippen molar-refractivity contribution in [2.45, 2.75) is 38.3 Å². The molecule has 0 aromatic heterocycles. The van der Waals surface area contributed by atoms with Crippen molar-refractivity contribution >= 4 is 28.2 Å². The van der Waals surface area contributed by atoms with Gasteiger partial charge >= 0.3 is 0 Å². The molecule has 0 fully saturated rings. The van der Waals surface area contributed by atoms with Gasteiger partial charge in [0.05, 0.1) is 10.9 Å². The van der Waals surface area contributed by atoms with Gasteiger partial charge in [-0.2, -0.15) is 0 Å².